The average molecular weight is 475 g/mol. The monoisotopic (exact) mass is 475 g/mol. The molecule has 0 saturated carbocycles. The van der Waals surface area contributed by atoms with Gasteiger partial charge in [0.1, 0.15) is 0 Å². The molecule has 0 fully saturated rings. The molecule has 2 N–H and O–H groups in total. The maximum Gasteiger partial charge on any atom is 0.435 e. The molecule has 0 bridgehead atoms. The molecular formula is C15H27F9NO2V-. The van der Waals surface area contributed by atoms with Gasteiger partial charge in [0.2, 0.25) is 0 Å². The van der Waals surface area contributed by atoms with Crippen molar-refractivity contribution in [3.63, 3.8) is 0 Å². The molecule has 0 spiro atoms. The number of hydrogen-bond donors (Lipinski definition) is 2. The van der Waals surface area contributed by atoms with Crippen molar-refractivity contribution in [3.8, 4) is 0 Å². The second-order valence-corrected chi connectivity index (χ2v) is 6.95. The number of rotatable bonds is 3. The minimum absolute atomic E-state index is 0. The Kier molecular flexibility index (Phi) is 14.8. The first kappa shape index (κ1) is 35.1. The normalized spacial score (nSPS) is 13.3. The maximum atomic E-state index is 11.4. The van der Waals surface area contributed by atoms with E-state index in [0.29, 0.717) is 0 Å². The molecule has 0 radical (unpaired) electrons. The molecule has 3 nitrogen and oxygen atoms in total. The fraction of sp³-hybridized carbons (Fsp3) is 0.933. The molecule has 173 valence electrons. The molecule has 0 saturated heterocycles. The first-order valence-corrected chi connectivity index (χ1v) is 8.07. The van der Waals surface area contributed by atoms with Crippen LogP contribution in [0.25, 0.3) is 0 Å². The van der Waals surface area contributed by atoms with E-state index in [4.69, 9.17) is 10.2 Å². The van der Waals surface area contributed by atoms with Crippen LogP contribution in [0.4, 0.5) is 39.5 Å². The summed E-state index contributed by atoms with van der Waals surface area (Å²) < 4.78 is 107. The molecule has 28 heavy (non-hydrogen) atoms. The molecule has 0 aromatic heterocycles. The van der Waals surface area contributed by atoms with E-state index in [0.717, 1.165) is 12.8 Å². The molecular weight excluding hydrogens is 448 g/mol. The number of aliphatic hydroxyl groups is 2. The van der Waals surface area contributed by atoms with Crippen molar-refractivity contribution in [2.45, 2.75) is 89.7 Å². The second kappa shape index (κ2) is 11.8. The molecule has 0 aliphatic heterocycles. The predicted molar refractivity (Wildman–Crippen MR) is 82.9 cm³/mol. The van der Waals surface area contributed by atoms with E-state index in [1.54, 1.807) is 13.8 Å². The topological polar surface area (TPSA) is 52.8 Å². The van der Waals surface area contributed by atoms with Crippen LogP contribution in [0.5, 0.6) is 0 Å². The summed E-state index contributed by atoms with van der Waals surface area (Å²) in [5.41, 5.74) is -6.97. The zero-order valence-corrected chi connectivity index (χ0v) is 18.0. The number of alkyl halides is 9. The summed E-state index contributed by atoms with van der Waals surface area (Å²) >= 11 is 2.26. The molecule has 0 amide bonds. The van der Waals surface area contributed by atoms with Crippen LogP contribution in [0.3, 0.4) is 0 Å². The van der Waals surface area contributed by atoms with E-state index in [-0.39, 0.29) is 13.0 Å². The minimum atomic E-state index is -6.87. The third kappa shape index (κ3) is 12.3. The summed E-state index contributed by atoms with van der Waals surface area (Å²) in [6.07, 6.45) is -18.7. The average Bonchev–Trinajstić information content (AvgIpc) is 2.43. The largest absolute Gasteiger partial charge is 0.435 e. The van der Waals surface area contributed by atoms with Gasteiger partial charge in [0.15, 0.2) is 0 Å². The van der Waals surface area contributed by atoms with Crippen molar-refractivity contribution in [1.82, 2.24) is 0 Å². The number of halogens is 9. The Bertz CT molecular complexity index is 403. The second-order valence-electron chi connectivity index (χ2n) is 6.64. The van der Waals surface area contributed by atoms with Gasteiger partial charge >= 0.3 is 77.9 Å². The van der Waals surface area contributed by atoms with Gasteiger partial charge in [-0.15, -0.1) is 0 Å². The Morgan fingerprint density at radius 3 is 0.893 bits per heavy atom. The van der Waals surface area contributed by atoms with Crippen molar-refractivity contribution < 1.29 is 67.0 Å². The molecule has 13 heteroatoms. The van der Waals surface area contributed by atoms with Gasteiger partial charge in [-0.05, 0) is 20.3 Å². The minimum Gasteiger partial charge on any atom is -0.367 e. The van der Waals surface area contributed by atoms with Gasteiger partial charge in [-0.1, -0.05) is 6.92 Å². The van der Waals surface area contributed by atoms with Crippen LogP contribution in [0.2, 0.25) is 0 Å². The van der Waals surface area contributed by atoms with Gasteiger partial charge in [0.25, 0.3) is 0 Å². The molecule has 0 atom stereocenters. The van der Waals surface area contributed by atoms with Crippen molar-refractivity contribution in [2.75, 3.05) is 0 Å². The van der Waals surface area contributed by atoms with Gasteiger partial charge < -0.3 is 17.6 Å². The van der Waals surface area contributed by atoms with E-state index >= 15 is 0 Å². The van der Waals surface area contributed by atoms with E-state index < -0.39 is 29.7 Å². The maximum absolute atomic E-state index is 11.4. The van der Waals surface area contributed by atoms with Crippen LogP contribution in [0, 0.1) is 7.43 Å². The zero-order chi connectivity index (χ0) is 23.1. The van der Waals surface area contributed by atoms with Crippen LogP contribution in [0.15, 0.2) is 3.79 Å². The van der Waals surface area contributed by atoms with Crippen molar-refractivity contribution in [2.24, 2.45) is 3.79 Å². The first-order chi connectivity index (χ1) is 11.4. The number of hydrogen-bond acceptors (Lipinski definition) is 3. The van der Waals surface area contributed by atoms with E-state index in [1.165, 1.54) is 0 Å². The standard InChI is InChI=1S/C5H11N.C5H12O.C4HF9O.CH3.V/c2*1-4-5(2,3)6;5-2(6,7)1(14,3(8,9)10)4(11,12)13;;/h4H2,1-3H3;6H,4H2,1-3H3;14H;1H3;/q;;;-1;. The molecule has 0 aromatic rings. The molecule has 0 heterocycles. The van der Waals surface area contributed by atoms with Crippen LogP contribution in [-0.4, -0.2) is 45.5 Å². The van der Waals surface area contributed by atoms with E-state index in [9.17, 15) is 39.5 Å². The summed E-state index contributed by atoms with van der Waals surface area (Å²) in [7, 11) is 0. The summed E-state index contributed by atoms with van der Waals surface area (Å²) in [6.45, 7) is 11.9. The Hall–Kier alpha value is -0.326. The Labute approximate surface area is 168 Å². The zero-order valence-electron chi connectivity index (χ0n) is 16.6. The third-order valence-corrected chi connectivity index (χ3v) is 4.08. The Morgan fingerprint density at radius 1 is 0.679 bits per heavy atom. The molecule has 0 aromatic carbocycles. The molecule has 0 aliphatic carbocycles. The smallest absolute Gasteiger partial charge is 0.367 e. The van der Waals surface area contributed by atoms with Crippen molar-refractivity contribution in [1.29, 1.82) is 0 Å². The summed E-state index contributed by atoms with van der Waals surface area (Å²) in [5.74, 6) is 0. The number of nitrogens with zero attached hydrogens (tertiary/aromatic N) is 1. The van der Waals surface area contributed by atoms with Crippen LogP contribution in [-0.2, 0) is 17.2 Å². The fourth-order valence-corrected chi connectivity index (χ4v) is 0.774. The van der Waals surface area contributed by atoms with Crippen LogP contribution in [0.1, 0.15) is 54.4 Å². The molecule has 0 aliphatic rings. The summed E-state index contributed by atoms with van der Waals surface area (Å²) in [4.78, 5) is 0. The van der Waals surface area contributed by atoms with E-state index in [2.05, 4.69) is 41.8 Å². The van der Waals surface area contributed by atoms with Crippen LogP contribution >= 0.6 is 0 Å². The van der Waals surface area contributed by atoms with Crippen molar-refractivity contribution >= 4 is 0 Å². The van der Waals surface area contributed by atoms with Gasteiger partial charge in [-0.2, -0.15) is 39.5 Å². The Balaban J connectivity index is -0.000000173. The SMILES string of the molecule is CCC(C)(C)O.CCC(C)(C)[N]=[V].OC(C(F)(F)F)(C(F)(F)F)C(F)(F)F.[CH3-]. The fourth-order valence-electron chi connectivity index (χ4n) is 0.553. The third-order valence-electron chi connectivity index (χ3n) is 3.23. The summed E-state index contributed by atoms with van der Waals surface area (Å²) in [6, 6.07) is 0. The van der Waals surface area contributed by atoms with Crippen LogP contribution < -0.4 is 0 Å². The molecule has 0 unspecified atom stereocenters. The van der Waals surface area contributed by atoms with Gasteiger partial charge in [0, 0.05) is 0 Å². The first-order valence-electron chi connectivity index (χ1n) is 7.44. The summed E-state index contributed by atoms with van der Waals surface area (Å²) in [5, 5.41) is 16.5. The van der Waals surface area contributed by atoms with Gasteiger partial charge in [0.05, 0.1) is 5.60 Å². The van der Waals surface area contributed by atoms with Crippen molar-refractivity contribution in [3.05, 3.63) is 7.43 Å². The van der Waals surface area contributed by atoms with E-state index in [1.807, 2.05) is 6.92 Å². The van der Waals surface area contributed by atoms with Gasteiger partial charge in [-0.25, -0.2) is 0 Å². The molecule has 0 rings (SSSR count). The Morgan fingerprint density at radius 2 is 0.893 bits per heavy atom. The quantitative estimate of drug-likeness (QED) is 0.393. The predicted octanol–water partition coefficient (Wildman–Crippen LogP) is 5.93. The van der Waals surface area contributed by atoms with Gasteiger partial charge in [-0.3, -0.25) is 0 Å².